The topological polar surface area (TPSA) is 81.9 Å². The number of rotatable bonds is 5. The Morgan fingerprint density at radius 3 is 2.39 bits per heavy atom. The van der Waals surface area contributed by atoms with Gasteiger partial charge in [0.15, 0.2) is 5.69 Å². The van der Waals surface area contributed by atoms with Gasteiger partial charge in [-0.25, -0.2) is 4.68 Å². The minimum atomic E-state index is -4.41. The molecule has 0 radical (unpaired) electrons. The van der Waals surface area contributed by atoms with Gasteiger partial charge in [0.1, 0.15) is 0 Å². The number of ether oxygens (including phenoxy) is 1. The number of nitrogens with zero attached hydrogens (tertiary/aromatic N) is 4. The third-order valence-electron chi connectivity index (χ3n) is 3.97. The minimum absolute atomic E-state index is 0.0881. The number of hydrogen-bond acceptors (Lipinski definition) is 5. The molecule has 0 aliphatic rings. The maximum absolute atomic E-state index is 12.7. The lowest BCUT2D eigenvalue weighted by molar-refractivity contribution is -0.137. The fourth-order valence-corrected chi connectivity index (χ4v) is 2.57. The molecule has 0 aliphatic heterocycles. The van der Waals surface area contributed by atoms with Gasteiger partial charge in [0, 0.05) is 6.07 Å². The van der Waals surface area contributed by atoms with E-state index in [1.165, 1.54) is 42.3 Å². The zero-order valence-corrected chi connectivity index (χ0v) is 15.0. The van der Waals surface area contributed by atoms with Crippen molar-refractivity contribution in [2.45, 2.75) is 19.5 Å². The predicted molar refractivity (Wildman–Crippen MR) is 94.5 cm³/mol. The van der Waals surface area contributed by atoms with Gasteiger partial charge in [0.25, 0.3) is 5.91 Å². The van der Waals surface area contributed by atoms with Crippen LogP contribution in [0.4, 0.5) is 18.9 Å². The van der Waals surface area contributed by atoms with Crippen LogP contribution in [0, 0.1) is 0 Å². The second-order valence-electron chi connectivity index (χ2n) is 5.73. The molecule has 0 fully saturated rings. The number of benzene rings is 1. The van der Waals surface area contributed by atoms with Crippen molar-refractivity contribution in [1.29, 1.82) is 0 Å². The number of hydrogen-bond donors (Lipinski definition) is 1. The SMILES string of the molecule is CCc1c(NC(=O)c2ccc(OC)nn2)cnn1-c1ccc(C(F)(F)F)cc1. The third-order valence-corrected chi connectivity index (χ3v) is 3.97. The van der Waals surface area contributed by atoms with E-state index < -0.39 is 17.6 Å². The summed E-state index contributed by atoms with van der Waals surface area (Å²) in [6.07, 6.45) is -2.48. The van der Waals surface area contributed by atoms with Crippen LogP contribution >= 0.6 is 0 Å². The lowest BCUT2D eigenvalue weighted by atomic mass is 10.2. The molecule has 0 atom stereocenters. The molecule has 0 aliphatic carbocycles. The van der Waals surface area contributed by atoms with Crippen LogP contribution in [0.25, 0.3) is 5.69 Å². The van der Waals surface area contributed by atoms with Gasteiger partial charge in [0.2, 0.25) is 5.88 Å². The first-order valence-corrected chi connectivity index (χ1v) is 8.27. The Kier molecular flexibility index (Phi) is 5.30. The average molecular weight is 391 g/mol. The lowest BCUT2D eigenvalue weighted by Crippen LogP contribution is -2.15. The van der Waals surface area contributed by atoms with E-state index in [2.05, 4.69) is 20.6 Å². The van der Waals surface area contributed by atoms with Gasteiger partial charge in [-0.2, -0.15) is 18.3 Å². The van der Waals surface area contributed by atoms with Crippen LogP contribution in [0.2, 0.25) is 0 Å². The van der Waals surface area contributed by atoms with Crippen molar-refractivity contribution in [1.82, 2.24) is 20.0 Å². The Bertz CT molecular complexity index is 966. The Labute approximate surface area is 158 Å². The molecule has 0 bridgehead atoms. The molecule has 2 aromatic heterocycles. The van der Waals surface area contributed by atoms with Gasteiger partial charge in [-0.1, -0.05) is 6.92 Å². The van der Waals surface area contributed by atoms with Crippen LogP contribution in [0.1, 0.15) is 28.7 Å². The van der Waals surface area contributed by atoms with Gasteiger partial charge >= 0.3 is 6.18 Å². The van der Waals surface area contributed by atoms with Gasteiger partial charge in [-0.3, -0.25) is 4.79 Å². The summed E-state index contributed by atoms with van der Waals surface area (Å²) in [5, 5.41) is 14.4. The molecule has 3 aromatic rings. The Morgan fingerprint density at radius 1 is 1.14 bits per heavy atom. The lowest BCUT2D eigenvalue weighted by Gasteiger charge is -2.11. The summed E-state index contributed by atoms with van der Waals surface area (Å²) < 4.78 is 44.6. The number of carbonyl (C=O) groups excluding carboxylic acids is 1. The van der Waals surface area contributed by atoms with Crippen molar-refractivity contribution in [3.8, 4) is 11.6 Å². The summed E-state index contributed by atoms with van der Waals surface area (Å²) in [6.45, 7) is 1.85. The number of anilines is 1. The van der Waals surface area contributed by atoms with E-state index in [1.54, 1.807) is 0 Å². The van der Waals surface area contributed by atoms with Crippen LogP contribution in [-0.4, -0.2) is 33.0 Å². The van der Waals surface area contributed by atoms with Gasteiger partial charge in [0.05, 0.1) is 35.9 Å². The number of aromatic nitrogens is 4. The van der Waals surface area contributed by atoms with Crippen molar-refractivity contribution in [3.05, 3.63) is 59.5 Å². The highest BCUT2D eigenvalue weighted by molar-refractivity contribution is 6.03. The van der Waals surface area contributed by atoms with E-state index in [0.717, 1.165) is 12.1 Å². The normalized spacial score (nSPS) is 11.3. The average Bonchev–Trinajstić information content (AvgIpc) is 3.10. The summed E-state index contributed by atoms with van der Waals surface area (Å²) in [5.74, 6) is -0.210. The number of alkyl halides is 3. The van der Waals surface area contributed by atoms with Crippen LogP contribution < -0.4 is 10.1 Å². The molecule has 3 rings (SSSR count). The molecule has 146 valence electrons. The zero-order chi connectivity index (χ0) is 20.3. The smallest absolute Gasteiger partial charge is 0.416 e. The summed E-state index contributed by atoms with van der Waals surface area (Å²) in [5.41, 5.74) is 0.868. The Morgan fingerprint density at radius 2 is 1.86 bits per heavy atom. The number of halogens is 3. The molecule has 1 N–H and O–H groups in total. The fraction of sp³-hybridized carbons (Fsp3) is 0.222. The predicted octanol–water partition coefficient (Wildman–Crippen LogP) is 3.50. The van der Waals surface area contributed by atoms with E-state index in [4.69, 9.17) is 4.74 Å². The van der Waals surface area contributed by atoms with Gasteiger partial charge in [-0.05, 0) is 36.8 Å². The Hall–Kier alpha value is -3.43. The Balaban J connectivity index is 1.84. The fourth-order valence-electron chi connectivity index (χ4n) is 2.57. The van der Waals surface area contributed by atoms with Crippen LogP contribution in [0.5, 0.6) is 5.88 Å². The third kappa shape index (κ3) is 3.95. The summed E-state index contributed by atoms with van der Waals surface area (Å²) in [7, 11) is 1.44. The minimum Gasteiger partial charge on any atom is -0.480 e. The summed E-state index contributed by atoms with van der Waals surface area (Å²) in [6, 6.07) is 7.61. The first-order chi connectivity index (χ1) is 13.3. The highest BCUT2D eigenvalue weighted by Crippen LogP contribution is 2.30. The largest absolute Gasteiger partial charge is 0.480 e. The van der Waals surface area contributed by atoms with Crippen molar-refractivity contribution < 1.29 is 22.7 Å². The second-order valence-corrected chi connectivity index (χ2v) is 5.73. The van der Waals surface area contributed by atoms with Gasteiger partial charge in [-0.15, -0.1) is 10.2 Å². The molecule has 1 amide bonds. The molecular weight excluding hydrogens is 375 g/mol. The molecule has 0 saturated carbocycles. The second kappa shape index (κ2) is 7.67. The van der Waals surface area contributed by atoms with E-state index in [9.17, 15) is 18.0 Å². The molecule has 10 heteroatoms. The highest BCUT2D eigenvalue weighted by atomic mass is 19.4. The first kappa shape index (κ1) is 19.3. The highest BCUT2D eigenvalue weighted by Gasteiger charge is 2.30. The quantitative estimate of drug-likeness (QED) is 0.720. The number of carbonyl (C=O) groups is 1. The number of amides is 1. The van der Waals surface area contributed by atoms with Crippen LogP contribution in [0.3, 0.4) is 0 Å². The first-order valence-electron chi connectivity index (χ1n) is 8.27. The molecule has 0 spiro atoms. The van der Waals surface area contributed by atoms with Crippen molar-refractivity contribution in [2.75, 3.05) is 12.4 Å². The number of methoxy groups -OCH3 is 1. The summed E-state index contributed by atoms with van der Waals surface area (Å²) in [4.78, 5) is 12.4. The summed E-state index contributed by atoms with van der Waals surface area (Å²) >= 11 is 0. The maximum atomic E-state index is 12.7. The van der Waals surface area contributed by atoms with E-state index in [0.29, 0.717) is 23.5 Å². The molecule has 0 unspecified atom stereocenters. The maximum Gasteiger partial charge on any atom is 0.416 e. The van der Waals surface area contributed by atoms with Crippen LogP contribution in [0.15, 0.2) is 42.6 Å². The standard InChI is InChI=1S/C18H16F3N5O2/c1-3-15-14(23-17(27)13-8-9-16(28-2)25-24-13)10-22-26(15)12-6-4-11(5-7-12)18(19,20)21/h4-10H,3H2,1-2H3,(H,23,27). The molecule has 1 aromatic carbocycles. The van der Waals surface area contributed by atoms with Gasteiger partial charge < -0.3 is 10.1 Å². The van der Waals surface area contributed by atoms with E-state index >= 15 is 0 Å². The molecule has 7 nitrogen and oxygen atoms in total. The number of nitrogens with one attached hydrogen (secondary N) is 1. The van der Waals surface area contributed by atoms with E-state index in [-0.39, 0.29) is 11.6 Å². The van der Waals surface area contributed by atoms with Crippen molar-refractivity contribution >= 4 is 11.6 Å². The monoisotopic (exact) mass is 391 g/mol. The molecule has 28 heavy (non-hydrogen) atoms. The molecule has 2 heterocycles. The molecule has 0 saturated heterocycles. The molecular formula is C18H16F3N5O2. The van der Waals surface area contributed by atoms with Crippen molar-refractivity contribution in [3.63, 3.8) is 0 Å². The van der Waals surface area contributed by atoms with Crippen molar-refractivity contribution in [2.24, 2.45) is 0 Å². The van der Waals surface area contributed by atoms with Crippen LogP contribution in [-0.2, 0) is 12.6 Å². The zero-order valence-electron chi connectivity index (χ0n) is 15.0. The van der Waals surface area contributed by atoms with E-state index in [1.807, 2.05) is 6.92 Å².